The minimum atomic E-state index is -0.257. The molecule has 0 heterocycles. The maximum Gasteiger partial charge on any atom is 0.271 e. The lowest BCUT2D eigenvalue weighted by Gasteiger charge is -2.09. The zero-order chi connectivity index (χ0) is 20.3. The fraction of sp³-hybridized carbons (Fsp3) is 0.130. The van der Waals surface area contributed by atoms with E-state index in [1.165, 1.54) is 0 Å². The molecule has 1 N–H and O–H groups in total. The van der Waals surface area contributed by atoms with Crippen LogP contribution in [0.1, 0.15) is 22.3 Å². The van der Waals surface area contributed by atoms with Gasteiger partial charge in [-0.3, -0.25) is 4.79 Å². The summed E-state index contributed by atoms with van der Waals surface area (Å²) in [7, 11) is 0. The van der Waals surface area contributed by atoms with Gasteiger partial charge in [-0.2, -0.15) is 5.10 Å². The molecule has 0 radical (unpaired) electrons. The summed E-state index contributed by atoms with van der Waals surface area (Å²) in [5.74, 6) is 1.14. The summed E-state index contributed by atoms with van der Waals surface area (Å²) in [4.78, 5) is 12.0. The van der Waals surface area contributed by atoms with Gasteiger partial charge in [0.2, 0.25) is 0 Å². The van der Waals surface area contributed by atoms with Gasteiger partial charge in [-0.25, -0.2) is 5.43 Å². The summed E-state index contributed by atoms with van der Waals surface area (Å²) in [6, 6.07) is 23.8. The number of rotatable bonds is 9. The molecular weight excluding hydrogens is 388 g/mol. The number of carbonyl (C=O) groups excluding carboxylic acids is 1. The number of hydrazone groups is 1. The van der Waals surface area contributed by atoms with Crippen LogP contribution in [0.2, 0.25) is 5.02 Å². The number of nitrogens with one attached hydrogen (secondary N) is 1. The second-order valence-corrected chi connectivity index (χ2v) is 6.53. The van der Waals surface area contributed by atoms with Crippen LogP contribution in [0, 0.1) is 0 Å². The number of ether oxygens (including phenoxy) is 2. The number of hydrogen-bond donors (Lipinski definition) is 1. The van der Waals surface area contributed by atoms with E-state index in [2.05, 4.69) is 10.5 Å². The normalized spacial score (nSPS) is 10.7. The van der Waals surface area contributed by atoms with E-state index in [4.69, 9.17) is 21.1 Å². The number of amides is 1. The van der Waals surface area contributed by atoms with Gasteiger partial charge in [0.15, 0.2) is 0 Å². The Hall–Kier alpha value is -3.31. The second-order valence-electron chi connectivity index (χ2n) is 6.12. The van der Waals surface area contributed by atoms with Crippen molar-refractivity contribution in [2.24, 2.45) is 5.10 Å². The highest BCUT2D eigenvalue weighted by Gasteiger charge is 2.02. The van der Waals surface area contributed by atoms with E-state index in [1.807, 2.05) is 48.5 Å². The summed E-state index contributed by atoms with van der Waals surface area (Å²) in [6.45, 7) is 1.02. The molecule has 0 fully saturated rings. The van der Waals surface area contributed by atoms with Crippen LogP contribution in [0.25, 0.3) is 0 Å². The van der Waals surface area contributed by atoms with Crippen LogP contribution < -0.4 is 14.9 Å². The summed E-state index contributed by atoms with van der Waals surface area (Å²) >= 11 is 6.05. The zero-order valence-corrected chi connectivity index (χ0v) is 16.5. The van der Waals surface area contributed by atoms with E-state index < -0.39 is 0 Å². The Morgan fingerprint density at radius 3 is 2.52 bits per heavy atom. The van der Waals surface area contributed by atoms with Crippen molar-refractivity contribution in [1.82, 2.24) is 5.43 Å². The predicted molar refractivity (Wildman–Crippen MR) is 115 cm³/mol. The van der Waals surface area contributed by atoms with Crippen molar-refractivity contribution in [2.45, 2.75) is 6.42 Å². The molecule has 3 aromatic carbocycles. The molecule has 0 aliphatic rings. The first-order valence-electron chi connectivity index (χ1n) is 9.21. The van der Waals surface area contributed by atoms with Crippen LogP contribution in [0.5, 0.6) is 11.5 Å². The molecule has 0 saturated heterocycles. The van der Waals surface area contributed by atoms with E-state index in [0.29, 0.717) is 29.5 Å². The summed E-state index contributed by atoms with van der Waals surface area (Å²) in [5, 5.41) is 4.59. The van der Waals surface area contributed by atoms with Crippen LogP contribution in [0.15, 0.2) is 84.0 Å². The number of benzene rings is 3. The van der Waals surface area contributed by atoms with Gasteiger partial charge in [0.05, 0.1) is 24.5 Å². The minimum absolute atomic E-state index is 0.257. The van der Waals surface area contributed by atoms with Crippen molar-refractivity contribution in [3.63, 3.8) is 0 Å². The van der Waals surface area contributed by atoms with Crippen molar-refractivity contribution in [1.29, 1.82) is 0 Å². The summed E-state index contributed by atoms with van der Waals surface area (Å²) in [6.07, 6.45) is 2.30. The second kappa shape index (κ2) is 10.9. The molecule has 0 aromatic heterocycles. The monoisotopic (exact) mass is 408 g/mol. The minimum Gasteiger partial charge on any atom is -0.493 e. The SMILES string of the molecule is O=C(N/N=C\c1cccc(OCCCOc2ccccc2Cl)c1)c1ccccc1. The lowest BCUT2D eigenvalue weighted by molar-refractivity contribution is 0.0955. The standard InChI is InChI=1S/C23H21ClN2O3/c24-21-12-4-5-13-22(21)29-15-7-14-28-20-11-6-8-18(16-20)17-25-26-23(27)19-9-2-1-3-10-19/h1-6,8-13,16-17H,7,14-15H2,(H,26,27)/b25-17-. The lowest BCUT2D eigenvalue weighted by atomic mass is 10.2. The molecule has 3 rings (SSSR count). The molecule has 0 saturated carbocycles. The highest BCUT2D eigenvalue weighted by molar-refractivity contribution is 6.32. The van der Waals surface area contributed by atoms with Gasteiger partial charge in [-0.15, -0.1) is 0 Å². The largest absolute Gasteiger partial charge is 0.493 e. The third kappa shape index (κ3) is 6.66. The van der Waals surface area contributed by atoms with E-state index in [-0.39, 0.29) is 5.91 Å². The Bertz CT molecular complexity index is 961. The fourth-order valence-electron chi connectivity index (χ4n) is 2.50. The summed E-state index contributed by atoms with van der Waals surface area (Å²) < 4.78 is 11.4. The quantitative estimate of drug-likeness (QED) is 0.309. The van der Waals surface area contributed by atoms with Crippen molar-refractivity contribution in [2.75, 3.05) is 13.2 Å². The first kappa shape index (κ1) is 20.4. The van der Waals surface area contributed by atoms with Gasteiger partial charge >= 0.3 is 0 Å². The molecule has 3 aromatic rings. The van der Waals surface area contributed by atoms with Crippen LogP contribution in [0.3, 0.4) is 0 Å². The van der Waals surface area contributed by atoms with Gasteiger partial charge in [0.1, 0.15) is 11.5 Å². The Morgan fingerprint density at radius 1 is 0.931 bits per heavy atom. The highest BCUT2D eigenvalue weighted by atomic mass is 35.5. The molecular formula is C23H21ClN2O3. The third-order valence-electron chi connectivity index (χ3n) is 3.93. The van der Waals surface area contributed by atoms with E-state index >= 15 is 0 Å². The molecule has 0 aliphatic carbocycles. The number of carbonyl (C=O) groups is 1. The molecule has 1 amide bonds. The summed E-state index contributed by atoms with van der Waals surface area (Å²) in [5.41, 5.74) is 3.89. The highest BCUT2D eigenvalue weighted by Crippen LogP contribution is 2.23. The van der Waals surface area contributed by atoms with Gasteiger partial charge in [-0.1, -0.05) is 54.1 Å². The van der Waals surface area contributed by atoms with E-state index in [1.54, 1.807) is 36.5 Å². The predicted octanol–water partition coefficient (Wildman–Crippen LogP) is 4.95. The molecule has 0 spiro atoms. The molecule has 0 unspecified atom stereocenters. The van der Waals surface area contributed by atoms with E-state index in [0.717, 1.165) is 17.7 Å². The zero-order valence-electron chi connectivity index (χ0n) is 15.8. The first-order valence-corrected chi connectivity index (χ1v) is 9.59. The van der Waals surface area contributed by atoms with Crippen LogP contribution in [0.4, 0.5) is 0 Å². The fourth-order valence-corrected chi connectivity index (χ4v) is 2.69. The van der Waals surface area contributed by atoms with Gasteiger partial charge in [-0.05, 0) is 42.0 Å². The van der Waals surface area contributed by atoms with Crippen LogP contribution in [-0.2, 0) is 0 Å². The molecule has 29 heavy (non-hydrogen) atoms. The van der Waals surface area contributed by atoms with Crippen molar-refractivity contribution < 1.29 is 14.3 Å². The van der Waals surface area contributed by atoms with E-state index in [9.17, 15) is 4.79 Å². The molecule has 0 aliphatic heterocycles. The Morgan fingerprint density at radius 2 is 1.69 bits per heavy atom. The molecule has 0 bridgehead atoms. The van der Waals surface area contributed by atoms with Gasteiger partial charge in [0, 0.05) is 12.0 Å². The van der Waals surface area contributed by atoms with Crippen LogP contribution >= 0.6 is 11.6 Å². The van der Waals surface area contributed by atoms with Gasteiger partial charge in [0.25, 0.3) is 5.91 Å². The molecule has 0 atom stereocenters. The Kier molecular flexibility index (Phi) is 7.66. The van der Waals surface area contributed by atoms with Crippen molar-refractivity contribution >= 4 is 23.7 Å². The van der Waals surface area contributed by atoms with Crippen LogP contribution in [-0.4, -0.2) is 25.3 Å². The molecule has 5 nitrogen and oxygen atoms in total. The average Bonchev–Trinajstić information content (AvgIpc) is 2.75. The number of hydrogen-bond acceptors (Lipinski definition) is 4. The Balaban J connectivity index is 1.42. The topological polar surface area (TPSA) is 59.9 Å². The maximum atomic E-state index is 12.0. The Labute approximate surface area is 174 Å². The smallest absolute Gasteiger partial charge is 0.271 e. The van der Waals surface area contributed by atoms with Gasteiger partial charge < -0.3 is 9.47 Å². The van der Waals surface area contributed by atoms with Crippen molar-refractivity contribution in [3.05, 3.63) is 95.0 Å². The lowest BCUT2D eigenvalue weighted by Crippen LogP contribution is -2.17. The number of para-hydroxylation sites is 1. The first-order chi connectivity index (χ1) is 14.2. The maximum absolute atomic E-state index is 12.0. The van der Waals surface area contributed by atoms with Crippen molar-refractivity contribution in [3.8, 4) is 11.5 Å². The number of halogens is 1. The molecule has 148 valence electrons. The average molecular weight is 409 g/mol. The number of nitrogens with zero attached hydrogens (tertiary/aromatic N) is 1. The third-order valence-corrected chi connectivity index (χ3v) is 4.24. The molecule has 6 heteroatoms.